The van der Waals surface area contributed by atoms with E-state index < -0.39 is 0 Å². The Labute approximate surface area is 118 Å². The number of aromatic nitrogens is 4. The van der Waals surface area contributed by atoms with Gasteiger partial charge in [-0.3, -0.25) is 14.6 Å². The Bertz CT molecular complexity index is 579. The van der Waals surface area contributed by atoms with Crippen LogP contribution in [0.3, 0.4) is 0 Å². The van der Waals surface area contributed by atoms with Gasteiger partial charge in [0.05, 0.1) is 30.3 Å². The lowest BCUT2D eigenvalue weighted by Crippen LogP contribution is -2.23. The van der Waals surface area contributed by atoms with Crippen molar-refractivity contribution in [3.8, 4) is 0 Å². The monoisotopic (exact) mass is 272 g/mol. The molecule has 0 aliphatic carbocycles. The van der Waals surface area contributed by atoms with Crippen LogP contribution >= 0.6 is 0 Å². The van der Waals surface area contributed by atoms with Crippen molar-refractivity contribution < 1.29 is 0 Å². The Morgan fingerprint density at radius 2 is 2.25 bits per heavy atom. The zero-order chi connectivity index (χ0) is 13.9. The van der Waals surface area contributed by atoms with E-state index in [1.807, 2.05) is 31.2 Å². The quantitative estimate of drug-likeness (QED) is 0.916. The molecule has 3 rings (SSSR count). The van der Waals surface area contributed by atoms with Crippen LogP contribution in [0.1, 0.15) is 30.1 Å². The van der Waals surface area contributed by atoms with Gasteiger partial charge in [-0.1, -0.05) is 0 Å². The van der Waals surface area contributed by atoms with Gasteiger partial charge in [-0.05, 0) is 19.4 Å². The number of anilines is 1. The van der Waals surface area contributed by atoms with Crippen LogP contribution in [0, 0.1) is 0 Å². The van der Waals surface area contributed by atoms with E-state index in [-0.39, 0.29) is 0 Å². The molecular weight excluding hydrogens is 252 g/mol. The van der Waals surface area contributed by atoms with Crippen LogP contribution in [0.2, 0.25) is 0 Å². The zero-order valence-electron chi connectivity index (χ0n) is 12.0. The molecule has 2 aromatic rings. The fraction of sp³-hybridized carbons (Fsp3) is 0.500. The molecule has 3 heterocycles. The van der Waals surface area contributed by atoms with Gasteiger partial charge in [-0.2, -0.15) is 5.10 Å². The van der Waals surface area contributed by atoms with Crippen LogP contribution in [0.25, 0.3) is 0 Å². The third kappa shape index (κ3) is 2.65. The summed E-state index contributed by atoms with van der Waals surface area (Å²) in [7, 11) is 3.82. The molecule has 0 spiro atoms. The highest BCUT2D eigenvalue weighted by molar-refractivity contribution is 5.31. The largest absolute Gasteiger partial charge is 0.372 e. The van der Waals surface area contributed by atoms with Crippen molar-refractivity contribution in [2.45, 2.75) is 25.4 Å². The van der Waals surface area contributed by atoms with E-state index in [0.717, 1.165) is 31.0 Å². The highest BCUT2D eigenvalue weighted by Gasteiger charge is 2.27. The average Bonchev–Trinajstić information content (AvgIpc) is 3.08. The molecule has 20 heavy (non-hydrogen) atoms. The molecule has 0 aromatic carbocycles. The third-order valence-electron chi connectivity index (χ3n) is 3.76. The van der Waals surface area contributed by atoms with Crippen molar-refractivity contribution in [2.24, 2.45) is 7.05 Å². The highest BCUT2D eigenvalue weighted by atomic mass is 15.3. The lowest BCUT2D eigenvalue weighted by Gasteiger charge is -2.23. The summed E-state index contributed by atoms with van der Waals surface area (Å²) < 4.78 is 1.85. The number of rotatable bonds is 4. The normalized spacial score (nSPS) is 19.4. The predicted molar refractivity (Wildman–Crippen MR) is 77.2 cm³/mol. The van der Waals surface area contributed by atoms with Gasteiger partial charge in [-0.15, -0.1) is 0 Å². The van der Waals surface area contributed by atoms with E-state index in [2.05, 4.69) is 31.5 Å². The fourth-order valence-electron chi connectivity index (χ4n) is 2.80. The van der Waals surface area contributed by atoms with Crippen LogP contribution < -0.4 is 5.32 Å². The minimum absolute atomic E-state index is 0.357. The summed E-state index contributed by atoms with van der Waals surface area (Å²) in [6, 6.07) is 0.357. The number of nitrogens with one attached hydrogen (secondary N) is 1. The van der Waals surface area contributed by atoms with Crippen LogP contribution in [0.15, 0.2) is 24.8 Å². The summed E-state index contributed by atoms with van der Waals surface area (Å²) in [5.74, 6) is 0.829. The molecule has 0 unspecified atom stereocenters. The number of hydrogen-bond donors (Lipinski definition) is 1. The summed E-state index contributed by atoms with van der Waals surface area (Å²) in [4.78, 5) is 11.4. The maximum atomic E-state index is 4.63. The average molecular weight is 272 g/mol. The van der Waals surface area contributed by atoms with E-state index in [1.54, 1.807) is 6.20 Å². The van der Waals surface area contributed by atoms with Gasteiger partial charge in [-0.25, -0.2) is 4.98 Å². The molecule has 0 radical (unpaired) electrons. The molecule has 6 nitrogen and oxygen atoms in total. The van der Waals surface area contributed by atoms with E-state index >= 15 is 0 Å². The number of nitrogens with zero attached hydrogens (tertiary/aromatic N) is 5. The van der Waals surface area contributed by atoms with Crippen molar-refractivity contribution in [3.63, 3.8) is 0 Å². The first-order valence-electron chi connectivity index (χ1n) is 6.97. The molecule has 2 aromatic heterocycles. The fourth-order valence-corrected chi connectivity index (χ4v) is 2.80. The summed E-state index contributed by atoms with van der Waals surface area (Å²) in [5, 5.41) is 7.29. The maximum absolute atomic E-state index is 4.63. The Kier molecular flexibility index (Phi) is 3.64. The van der Waals surface area contributed by atoms with Gasteiger partial charge >= 0.3 is 0 Å². The smallest absolute Gasteiger partial charge is 0.144 e. The third-order valence-corrected chi connectivity index (χ3v) is 3.76. The molecule has 1 fully saturated rings. The lowest BCUT2D eigenvalue weighted by molar-refractivity contribution is 0.244. The van der Waals surface area contributed by atoms with Crippen LogP contribution in [0.4, 0.5) is 5.82 Å². The van der Waals surface area contributed by atoms with Gasteiger partial charge in [0.2, 0.25) is 0 Å². The predicted octanol–water partition coefficient (Wildman–Crippen LogP) is 1.59. The van der Waals surface area contributed by atoms with Crippen LogP contribution in [-0.4, -0.2) is 38.2 Å². The first-order chi connectivity index (χ1) is 9.76. The van der Waals surface area contributed by atoms with Crippen molar-refractivity contribution in [1.82, 2.24) is 24.6 Å². The Morgan fingerprint density at radius 3 is 3.00 bits per heavy atom. The molecule has 1 saturated heterocycles. The number of likely N-dealkylation sites (tertiary alicyclic amines) is 1. The van der Waals surface area contributed by atoms with Gasteiger partial charge < -0.3 is 5.32 Å². The summed E-state index contributed by atoms with van der Waals surface area (Å²) in [6.07, 6.45) is 9.99. The second-order valence-corrected chi connectivity index (χ2v) is 5.23. The lowest BCUT2D eigenvalue weighted by atomic mass is 10.1. The standard InChI is InChI=1S/C14H20N6/c1-15-14-8-16-7-12(18-14)13-4-3-5-20(13)10-11-6-17-19(2)9-11/h6-9,13H,3-5,10H2,1-2H3,(H,15,18)/t13-/m1/s1. The second-order valence-electron chi connectivity index (χ2n) is 5.23. The Hall–Kier alpha value is -1.95. The van der Waals surface area contributed by atoms with Gasteiger partial charge in [0.15, 0.2) is 0 Å². The van der Waals surface area contributed by atoms with Gasteiger partial charge in [0.25, 0.3) is 0 Å². The second kappa shape index (κ2) is 5.58. The van der Waals surface area contributed by atoms with Crippen molar-refractivity contribution in [1.29, 1.82) is 0 Å². The van der Waals surface area contributed by atoms with Crippen molar-refractivity contribution in [3.05, 3.63) is 36.0 Å². The van der Waals surface area contributed by atoms with E-state index in [9.17, 15) is 0 Å². The summed E-state index contributed by atoms with van der Waals surface area (Å²) >= 11 is 0. The van der Waals surface area contributed by atoms with E-state index in [0.29, 0.717) is 6.04 Å². The molecule has 1 aliphatic rings. The summed E-state index contributed by atoms with van der Waals surface area (Å²) in [5.41, 5.74) is 2.30. The molecule has 1 N–H and O–H groups in total. The Morgan fingerprint density at radius 1 is 1.35 bits per heavy atom. The first-order valence-corrected chi connectivity index (χ1v) is 6.97. The number of hydrogen-bond acceptors (Lipinski definition) is 5. The first kappa shape index (κ1) is 13.1. The van der Waals surface area contributed by atoms with Gasteiger partial charge in [0, 0.05) is 32.4 Å². The molecule has 6 heteroatoms. The van der Waals surface area contributed by atoms with Crippen LogP contribution in [0.5, 0.6) is 0 Å². The number of aryl methyl sites for hydroxylation is 1. The summed E-state index contributed by atoms with van der Waals surface area (Å²) in [6.45, 7) is 2.02. The molecular formula is C14H20N6. The Balaban J connectivity index is 1.77. The maximum Gasteiger partial charge on any atom is 0.144 e. The zero-order valence-corrected chi connectivity index (χ0v) is 12.0. The topological polar surface area (TPSA) is 58.9 Å². The van der Waals surface area contributed by atoms with Crippen molar-refractivity contribution >= 4 is 5.82 Å². The molecule has 1 atom stereocenters. The van der Waals surface area contributed by atoms with E-state index in [1.165, 1.54) is 12.0 Å². The van der Waals surface area contributed by atoms with Crippen LogP contribution in [-0.2, 0) is 13.6 Å². The van der Waals surface area contributed by atoms with Crippen molar-refractivity contribution in [2.75, 3.05) is 18.9 Å². The molecule has 0 amide bonds. The molecule has 0 bridgehead atoms. The minimum atomic E-state index is 0.357. The molecule has 106 valence electrons. The minimum Gasteiger partial charge on any atom is -0.372 e. The molecule has 1 aliphatic heterocycles. The molecule has 0 saturated carbocycles. The SMILES string of the molecule is CNc1cncc([C@H]2CCCN2Cc2cnn(C)c2)n1. The highest BCUT2D eigenvalue weighted by Crippen LogP contribution is 2.32. The van der Waals surface area contributed by atoms with Gasteiger partial charge in [0.1, 0.15) is 5.82 Å². The van der Waals surface area contributed by atoms with E-state index in [4.69, 9.17) is 0 Å².